The van der Waals surface area contributed by atoms with Gasteiger partial charge < -0.3 is 30.6 Å². The molecule has 0 spiro atoms. The normalized spacial score (nSPS) is 10.4. The number of carbonyl (C=O) groups is 1. The maximum absolute atomic E-state index is 12.1. The zero-order valence-electron chi connectivity index (χ0n) is 9.90. The van der Waals surface area contributed by atoms with Crippen LogP contribution >= 0.6 is 0 Å². The molecule has 6 N–H and O–H groups in total. The molecule has 0 bridgehead atoms. The lowest BCUT2D eigenvalue weighted by molar-refractivity contribution is 0.103. The molecule has 0 amide bonds. The molecule has 0 heterocycles. The number of hydrogen-bond acceptors (Lipinski definition) is 7. The first kappa shape index (κ1) is 13.3. The van der Waals surface area contributed by atoms with Crippen molar-refractivity contribution in [1.82, 2.24) is 0 Å². The van der Waals surface area contributed by atoms with Gasteiger partial charge in [0.05, 0.1) is 0 Å². The second-order valence-corrected chi connectivity index (χ2v) is 4.05. The first-order valence-electron chi connectivity index (χ1n) is 5.36. The molecular formula is C13H10O7. The third kappa shape index (κ3) is 2.12. The molecule has 2 rings (SSSR count). The summed E-state index contributed by atoms with van der Waals surface area (Å²) in [6.45, 7) is 0. The number of ketones is 1. The Morgan fingerprint density at radius 1 is 0.700 bits per heavy atom. The van der Waals surface area contributed by atoms with Crippen LogP contribution < -0.4 is 0 Å². The smallest absolute Gasteiger partial charge is 0.200 e. The summed E-state index contributed by atoms with van der Waals surface area (Å²) >= 11 is 0. The minimum Gasteiger partial charge on any atom is -0.508 e. The summed E-state index contributed by atoms with van der Waals surface area (Å²) in [6, 6.07) is 3.44. The van der Waals surface area contributed by atoms with Gasteiger partial charge in [-0.05, 0) is 12.1 Å². The highest BCUT2D eigenvalue weighted by Crippen LogP contribution is 2.38. The van der Waals surface area contributed by atoms with Crippen molar-refractivity contribution in [3.8, 4) is 34.5 Å². The van der Waals surface area contributed by atoms with Gasteiger partial charge in [-0.1, -0.05) is 0 Å². The van der Waals surface area contributed by atoms with Crippen LogP contribution in [0.3, 0.4) is 0 Å². The van der Waals surface area contributed by atoms with Crippen LogP contribution in [0.2, 0.25) is 0 Å². The van der Waals surface area contributed by atoms with Crippen molar-refractivity contribution in [2.24, 2.45) is 0 Å². The number of benzene rings is 2. The van der Waals surface area contributed by atoms with E-state index in [4.69, 9.17) is 5.11 Å². The van der Waals surface area contributed by atoms with Crippen molar-refractivity contribution in [3.63, 3.8) is 0 Å². The predicted molar refractivity (Wildman–Crippen MR) is 66.3 cm³/mol. The molecule has 0 aliphatic carbocycles. The van der Waals surface area contributed by atoms with Crippen LogP contribution in [0.5, 0.6) is 34.5 Å². The van der Waals surface area contributed by atoms with E-state index in [0.717, 1.165) is 24.3 Å². The molecule has 104 valence electrons. The van der Waals surface area contributed by atoms with E-state index in [9.17, 15) is 30.3 Å². The van der Waals surface area contributed by atoms with Gasteiger partial charge in [0, 0.05) is 17.7 Å². The maximum Gasteiger partial charge on any atom is 0.200 e. The summed E-state index contributed by atoms with van der Waals surface area (Å²) in [6.07, 6.45) is 0. The predicted octanol–water partition coefficient (Wildman–Crippen LogP) is 1.15. The fraction of sp³-hybridized carbons (Fsp3) is 0. The Hall–Kier alpha value is -3.09. The van der Waals surface area contributed by atoms with Crippen molar-refractivity contribution in [1.29, 1.82) is 0 Å². The van der Waals surface area contributed by atoms with E-state index in [1.165, 1.54) is 0 Å². The topological polar surface area (TPSA) is 138 Å². The monoisotopic (exact) mass is 278 g/mol. The van der Waals surface area contributed by atoms with Gasteiger partial charge in [0.25, 0.3) is 0 Å². The van der Waals surface area contributed by atoms with Gasteiger partial charge in [0.1, 0.15) is 22.8 Å². The molecule has 0 aromatic heterocycles. The Balaban J connectivity index is 2.58. The summed E-state index contributed by atoms with van der Waals surface area (Å²) < 4.78 is 0. The first-order valence-corrected chi connectivity index (χ1v) is 5.36. The zero-order valence-corrected chi connectivity index (χ0v) is 9.90. The zero-order chi connectivity index (χ0) is 15.0. The molecule has 0 aliphatic heterocycles. The fourth-order valence-corrected chi connectivity index (χ4v) is 1.71. The summed E-state index contributed by atoms with van der Waals surface area (Å²) in [5.74, 6) is -4.93. The van der Waals surface area contributed by atoms with E-state index >= 15 is 0 Å². The molecule has 0 radical (unpaired) electrons. The standard InChI is InChI=1S/C13H10O7/c14-6-3-7(15)11(8(16)4-6)12(19)5-1-9(17)13(20)10(18)2-5/h1-4,14-18,20H. The molecule has 0 aliphatic rings. The van der Waals surface area contributed by atoms with E-state index in [0.29, 0.717) is 0 Å². The summed E-state index contributed by atoms with van der Waals surface area (Å²) in [4.78, 5) is 12.1. The minimum absolute atomic E-state index is 0.269. The third-order valence-corrected chi connectivity index (χ3v) is 2.64. The van der Waals surface area contributed by atoms with Gasteiger partial charge in [0.2, 0.25) is 5.78 Å². The Labute approximate surface area is 112 Å². The molecule has 2 aromatic carbocycles. The van der Waals surface area contributed by atoms with Crippen LogP contribution in [-0.2, 0) is 0 Å². The molecule has 0 saturated carbocycles. The van der Waals surface area contributed by atoms with Crippen LogP contribution in [0.4, 0.5) is 0 Å². The van der Waals surface area contributed by atoms with Gasteiger partial charge in [0.15, 0.2) is 17.2 Å². The molecule has 0 atom stereocenters. The van der Waals surface area contributed by atoms with Crippen LogP contribution in [-0.4, -0.2) is 36.4 Å². The number of carbonyl (C=O) groups excluding carboxylic acids is 1. The first-order chi connectivity index (χ1) is 9.31. The number of aromatic hydroxyl groups is 6. The van der Waals surface area contributed by atoms with Gasteiger partial charge in [-0.15, -0.1) is 0 Å². The Bertz CT molecular complexity index is 660. The average molecular weight is 278 g/mol. The average Bonchev–Trinajstić information content (AvgIpc) is 2.33. The molecular weight excluding hydrogens is 268 g/mol. The highest BCUT2D eigenvalue weighted by molar-refractivity contribution is 6.13. The Morgan fingerprint density at radius 2 is 1.15 bits per heavy atom. The van der Waals surface area contributed by atoms with Crippen molar-refractivity contribution in [2.75, 3.05) is 0 Å². The summed E-state index contributed by atoms with van der Waals surface area (Å²) in [5.41, 5.74) is -0.777. The molecule has 0 fully saturated rings. The number of phenolic OH excluding ortho intramolecular Hbond substituents is 6. The Morgan fingerprint density at radius 3 is 1.60 bits per heavy atom. The molecule has 0 saturated heterocycles. The van der Waals surface area contributed by atoms with Gasteiger partial charge in [-0.3, -0.25) is 4.79 Å². The van der Waals surface area contributed by atoms with Gasteiger partial charge in [-0.25, -0.2) is 0 Å². The van der Waals surface area contributed by atoms with Crippen molar-refractivity contribution < 1.29 is 35.4 Å². The molecule has 20 heavy (non-hydrogen) atoms. The quantitative estimate of drug-likeness (QED) is 0.358. The molecule has 7 nitrogen and oxygen atoms in total. The molecule has 0 unspecified atom stereocenters. The highest BCUT2D eigenvalue weighted by Gasteiger charge is 2.21. The van der Waals surface area contributed by atoms with Gasteiger partial charge in [-0.2, -0.15) is 0 Å². The van der Waals surface area contributed by atoms with E-state index in [-0.39, 0.29) is 5.56 Å². The second kappa shape index (κ2) is 4.54. The van der Waals surface area contributed by atoms with E-state index in [2.05, 4.69) is 0 Å². The molecule has 2 aromatic rings. The summed E-state index contributed by atoms with van der Waals surface area (Å²) in [5, 5.41) is 56.2. The van der Waals surface area contributed by atoms with Gasteiger partial charge >= 0.3 is 0 Å². The number of hydrogen-bond donors (Lipinski definition) is 6. The minimum atomic E-state index is -0.911. The number of phenols is 6. The SMILES string of the molecule is O=C(c1cc(O)c(O)c(O)c1)c1c(O)cc(O)cc1O. The fourth-order valence-electron chi connectivity index (χ4n) is 1.71. The van der Waals surface area contributed by atoms with Crippen molar-refractivity contribution in [2.45, 2.75) is 0 Å². The second-order valence-electron chi connectivity index (χ2n) is 4.05. The van der Waals surface area contributed by atoms with Crippen molar-refractivity contribution in [3.05, 3.63) is 35.4 Å². The number of rotatable bonds is 2. The van der Waals surface area contributed by atoms with Crippen molar-refractivity contribution >= 4 is 5.78 Å². The van der Waals surface area contributed by atoms with E-state index < -0.39 is 45.8 Å². The third-order valence-electron chi connectivity index (χ3n) is 2.64. The lowest BCUT2D eigenvalue weighted by Crippen LogP contribution is -2.02. The van der Waals surface area contributed by atoms with E-state index in [1.807, 2.05) is 0 Å². The Kier molecular flexibility index (Phi) is 3.03. The van der Waals surface area contributed by atoms with E-state index in [1.54, 1.807) is 0 Å². The lowest BCUT2D eigenvalue weighted by Gasteiger charge is -2.09. The van der Waals surface area contributed by atoms with Crippen LogP contribution in [0.25, 0.3) is 0 Å². The lowest BCUT2D eigenvalue weighted by atomic mass is 10.0. The van der Waals surface area contributed by atoms with Crippen LogP contribution in [0, 0.1) is 0 Å². The van der Waals surface area contributed by atoms with Crippen LogP contribution in [0.15, 0.2) is 24.3 Å². The highest BCUT2D eigenvalue weighted by atomic mass is 16.3. The van der Waals surface area contributed by atoms with Crippen LogP contribution in [0.1, 0.15) is 15.9 Å². The largest absolute Gasteiger partial charge is 0.508 e. The molecule has 7 heteroatoms. The summed E-state index contributed by atoms with van der Waals surface area (Å²) in [7, 11) is 0. The maximum atomic E-state index is 12.1.